The molecule has 0 aromatic heterocycles. The topological polar surface area (TPSA) is 40.5 Å². The van der Waals surface area contributed by atoms with Gasteiger partial charge in [-0.25, -0.2) is 0 Å². The molecule has 0 bridgehead atoms. The van der Waals surface area contributed by atoms with Crippen LogP contribution in [0.25, 0.3) is 0 Å². The van der Waals surface area contributed by atoms with Crippen LogP contribution in [0.5, 0.6) is 0 Å². The third-order valence-electron chi connectivity index (χ3n) is 4.93. The summed E-state index contributed by atoms with van der Waals surface area (Å²) in [5.74, 6) is -0.0476. The highest BCUT2D eigenvalue weighted by atomic mass is 16.3. The molecule has 3 rings (SSSR count). The summed E-state index contributed by atoms with van der Waals surface area (Å²) in [5, 5.41) is 10.6. The number of aliphatic hydroxyl groups excluding tert-OH is 1. The van der Waals surface area contributed by atoms with Gasteiger partial charge < -0.3 is 10.0 Å². The molecule has 0 spiro atoms. The fourth-order valence-electron chi connectivity index (χ4n) is 3.62. The maximum Gasteiger partial charge on any atom is 0.230 e. The molecule has 0 fully saturated rings. The maximum absolute atomic E-state index is 12.7. The van der Waals surface area contributed by atoms with Gasteiger partial charge in [-0.05, 0) is 48.1 Å². The fraction of sp³-hybridized carbons (Fsp3) is 0.261. The first-order valence-electron chi connectivity index (χ1n) is 8.95. The van der Waals surface area contributed by atoms with Crippen LogP contribution in [-0.4, -0.2) is 11.0 Å². The monoisotopic (exact) mass is 347 g/mol. The number of aliphatic hydroxyl groups is 1. The molecule has 1 unspecified atom stereocenters. The summed E-state index contributed by atoms with van der Waals surface area (Å²) in [6, 6.07) is 12.2. The molecule has 1 aliphatic rings. The van der Waals surface area contributed by atoms with Crippen molar-refractivity contribution in [2.24, 2.45) is 0 Å². The predicted octanol–water partition coefficient (Wildman–Crippen LogP) is 4.42. The standard InChI is InChI=1S/C23H25NO2/c1-4-8-17-12-18(9-5-2)23-20(13-17)24(22(26)14-21(23)25)15-19-11-7-6-10-16(19)3/h4-7,10-13,21,25H,1-2,8-9,14-15H2,3H3. The summed E-state index contributed by atoms with van der Waals surface area (Å²) in [4.78, 5) is 14.6. The van der Waals surface area contributed by atoms with E-state index in [2.05, 4.69) is 32.2 Å². The number of benzene rings is 2. The number of nitrogens with zero attached hydrogens (tertiary/aromatic N) is 1. The normalized spacial score (nSPS) is 16.3. The minimum atomic E-state index is -0.765. The Morgan fingerprint density at radius 3 is 2.58 bits per heavy atom. The summed E-state index contributed by atoms with van der Waals surface area (Å²) in [6.07, 6.45) is 4.42. The number of amides is 1. The van der Waals surface area contributed by atoms with Gasteiger partial charge in [0, 0.05) is 5.56 Å². The van der Waals surface area contributed by atoms with Crippen LogP contribution in [0.1, 0.15) is 40.3 Å². The molecule has 1 atom stereocenters. The highest BCUT2D eigenvalue weighted by Crippen LogP contribution is 2.39. The summed E-state index contributed by atoms with van der Waals surface area (Å²) in [5.41, 5.74) is 6.06. The predicted molar refractivity (Wildman–Crippen MR) is 106 cm³/mol. The number of rotatable bonds is 6. The smallest absolute Gasteiger partial charge is 0.230 e. The van der Waals surface area contributed by atoms with Crippen LogP contribution in [-0.2, 0) is 24.2 Å². The zero-order valence-corrected chi connectivity index (χ0v) is 15.2. The molecule has 3 nitrogen and oxygen atoms in total. The highest BCUT2D eigenvalue weighted by molar-refractivity contribution is 5.97. The second kappa shape index (κ2) is 7.71. The van der Waals surface area contributed by atoms with Gasteiger partial charge in [-0.15, -0.1) is 13.2 Å². The number of hydrogen-bond acceptors (Lipinski definition) is 2. The van der Waals surface area contributed by atoms with Crippen molar-refractivity contribution in [3.05, 3.63) is 89.5 Å². The molecule has 1 amide bonds. The van der Waals surface area contributed by atoms with Crippen molar-refractivity contribution in [3.8, 4) is 0 Å². The largest absolute Gasteiger partial charge is 0.388 e. The minimum absolute atomic E-state index is 0.0476. The van der Waals surface area contributed by atoms with Gasteiger partial charge in [0.2, 0.25) is 5.91 Å². The average molecular weight is 347 g/mol. The Morgan fingerprint density at radius 2 is 1.88 bits per heavy atom. The van der Waals surface area contributed by atoms with Crippen LogP contribution in [0, 0.1) is 6.92 Å². The van der Waals surface area contributed by atoms with Gasteiger partial charge in [0.1, 0.15) is 0 Å². The Balaban J connectivity index is 2.12. The lowest BCUT2D eigenvalue weighted by Crippen LogP contribution is -2.37. The summed E-state index contributed by atoms with van der Waals surface area (Å²) in [6.45, 7) is 10.2. The second-order valence-electron chi connectivity index (χ2n) is 6.80. The van der Waals surface area contributed by atoms with Crippen LogP contribution in [0.3, 0.4) is 0 Å². The van der Waals surface area contributed by atoms with Gasteiger partial charge in [-0.1, -0.05) is 42.5 Å². The number of anilines is 1. The van der Waals surface area contributed by atoms with E-state index in [1.165, 1.54) is 0 Å². The molecule has 1 N–H and O–H groups in total. The first kappa shape index (κ1) is 18.2. The number of allylic oxidation sites excluding steroid dienone is 2. The van der Waals surface area contributed by atoms with Crippen molar-refractivity contribution in [2.45, 2.75) is 38.8 Å². The minimum Gasteiger partial charge on any atom is -0.388 e. The summed E-state index contributed by atoms with van der Waals surface area (Å²) >= 11 is 0. The van der Waals surface area contributed by atoms with Crippen molar-refractivity contribution in [2.75, 3.05) is 4.90 Å². The van der Waals surface area contributed by atoms with E-state index in [1.807, 2.05) is 41.3 Å². The molecule has 1 heterocycles. The highest BCUT2D eigenvalue weighted by Gasteiger charge is 2.32. The van der Waals surface area contributed by atoms with Crippen LogP contribution >= 0.6 is 0 Å². The van der Waals surface area contributed by atoms with Crippen LogP contribution in [0.4, 0.5) is 5.69 Å². The van der Waals surface area contributed by atoms with Gasteiger partial charge in [0.25, 0.3) is 0 Å². The average Bonchev–Trinajstić information content (AvgIpc) is 2.60. The van der Waals surface area contributed by atoms with Crippen LogP contribution < -0.4 is 4.90 Å². The van der Waals surface area contributed by atoms with Gasteiger partial charge in [-0.3, -0.25) is 4.79 Å². The maximum atomic E-state index is 12.7. The second-order valence-corrected chi connectivity index (χ2v) is 6.80. The van der Waals surface area contributed by atoms with Gasteiger partial charge >= 0.3 is 0 Å². The van der Waals surface area contributed by atoms with Gasteiger partial charge in [0.15, 0.2) is 0 Å². The van der Waals surface area contributed by atoms with E-state index in [4.69, 9.17) is 0 Å². The Bertz CT molecular complexity index is 853. The van der Waals surface area contributed by atoms with Gasteiger partial charge in [0.05, 0.1) is 24.8 Å². The molecule has 3 heteroatoms. The Morgan fingerprint density at radius 1 is 1.15 bits per heavy atom. The zero-order valence-electron chi connectivity index (χ0n) is 15.2. The Hall–Kier alpha value is -2.65. The number of aryl methyl sites for hydroxylation is 1. The quantitative estimate of drug-likeness (QED) is 0.786. The number of carbonyl (C=O) groups excluding carboxylic acids is 1. The lowest BCUT2D eigenvalue weighted by Gasteiger charge is -2.34. The molecule has 0 aliphatic carbocycles. The van der Waals surface area contributed by atoms with Gasteiger partial charge in [-0.2, -0.15) is 0 Å². The van der Waals surface area contributed by atoms with Crippen LogP contribution in [0.15, 0.2) is 61.7 Å². The number of carbonyl (C=O) groups is 1. The van der Waals surface area contributed by atoms with Crippen molar-refractivity contribution < 1.29 is 9.90 Å². The molecule has 0 radical (unpaired) electrons. The van der Waals surface area contributed by atoms with Crippen LogP contribution in [0.2, 0.25) is 0 Å². The van der Waals surface area contributed by atoms with E-state index in [-0.39, 0.29) is 12.3 Å². The zero-order chi connectivity index (χ0) is 18.7. The molecular weight excluding hydrogens is 322 g/mol. The summed E-state index contributed by atoms with van der Waals surface area (Å²) < 4.78 is 0. The molecule has 2 aromatic carbocycles. The molecule has 134 valence electrons. The van der Waals surface area contributed by atoms with E-state index in [9.17, 15) is 9.90 Å². The van der Waals surface area contributed by atoms with Crippen molar-refractivity contribution in [1.82, 2.24) is 0 Å². The third-order valence-corrected chi connectivity index (χ3v) is 4.93. The van der Waals surface area contributed by atoms with E-state index in [1.54, 1.807) is 0 Å². The fourth-order valence-corrected chi connectivity index (χ4v) is 3.62. The number of fused-ring (bicyclic) bond motifs is 1. The number of hydrogen-bond donors (Lipinski definition) is 1. The first-order chi connectivity index (χ1) is 12.5. The lowest BCUT2D eigenvalue weighted by atomic mass is 9.89. The lowest BCUT2D eigenvalue weighted by molar-refractivity contribution is -0.121. The molecular formula is C23H25NO2. The van der Waals surface area contributed by atoms with E-state index < -0.39 is 6.10 Å². The summed E-state index contributed by atoms with van der Waals surface area (Å²) in [7, 11) is 0. The SMILES string of the molecule is C=CCc1cc(CC=C)c2c(c1)N(Cc1ccccc1C)C(=O)CC2O. The Labute approximate surface area is 155 Å². The first-order valence-corrected chi connectivity index (χ1v) is 8.95. The molecule has 2 aromatic rings. The molecule has 26 heavy (non-hydrogen) atoms. The van der Waals surface area contributed by atoms with Crippen molar-refractivity contribution in [3.63, 3.8) is 0 Å². The molecule has 1 aliphatic heterocycles. The van der Waals surface area contributed by atoms with Crippen molar-refractivity contribution >= 4 is 11.6 Å². The molecule has 0 saturated carbocycles. The van der Waals surface area contributed by atoms with E-state index >= 15 is 0 Å². The van der Waals surface area contributed by atoms with E-state index in [0.29, 0.717) is 13.0 Å². The Kier molecular flexibility index (Phi) is 5.38. The third kappa shape index (κ3) is 3.49. The molecule has 0 saturated heterocycles. The van der Waals surface area contributed by atoms with Crippen molar-refractivity contribution in [1.29, 1.82) is 0 Å². The van der Waals surface area contributed by atoms with E-state index in [0.717, 1.165) is 39.9 Å².